The Balaban J connectivity index is 2.06. The summed E-state index contributed by atoms with van der Waals surface area (Å²) in [5, 5.41) is 6.39. The molecule has 0 aliphatic carbocycles. The number of rotatable bonds is 2. The Morgan fingerprint density at radius 1 is 1.35 bits per heavy atom. The second kappa shape index (κ2) is 5.21. The second-order valence-corrected chi connectivity index (χ2v) is 4.86. The predicted molar refractivity (Wildman–Crippen MR) is 70.2 cm³/mol. The molecule has 1 aromatic carbocycles. The van der Waals surface area contributed by atoms with Crippen LogP contribution in [-0.4, -0.2) is 18.5 Å². The summed E-state index contributed by atoms with van der Waals surface area (Å²) in [6.07, 6.45) is 2.67. The van der Waals surface area contributed by atoms with Crippen molar-refractivity contribution in [1.29, 1.82) is 0 Å². The average Bonchev–Trinajstić information content (AvgIpc) is 2.47. The van der Waals surface area contributed by atoms with Crippen molar-refractivity contribution >= 4 is 11.6 Å². The number of nitrogens with one attached hydrogen (secondary N) is 2. The van der Waals surface area contributed by atoms with E-state index in [0.717, 1.165) is 25.1 Å². The lowest BCUT2D eigenvalue weighted by Gasteiger charge is -2.18. The van der Waals surface area contributed by atoms with Gasteiger partial charge in [0.15, 0.2) is 0 Å². The molecule has 2 N–H and O–H groups in total. The predicted octanol–water partition coefficient (Wildman–Crippen LogP) is 2.38. The van der Waals surface area contributed by atoms with Crippen LogP contribution in [-0.2, 0) is 4.79 Å². The molecule has 1 aromatic rings. The number of hydrogen-bond donors (Lipinski definition) is 2. The number of aryl methyl sites for hydroxylation is 2. The van der Waals surface area contributed by atoms with Gasteiger partial charge in [-0.1, -0.05) is 17.7 Å². The zero-order chi connectivity index (χ0) is 12.3. The fourth-order valence-corrected chi connectivity index (χ4v) is 2.29. The van der Waals surface area contributed by atoms with Gasteiger partial charge in [0, 0.05) is 24.7 Å². The molecule has 0 radical (unpaired) electrons. The van der Waals surface area contributed by atoms with Crippen molar-refractivity contribution in [3.63, 3.8) is 0 Å². The van der Waals surface area contributed by atoms with Gasteiger partial charge in [0.05, 0.1) is 0 Å². The molecule has 1 saturated heterocycles. The number of benzene rings is 1. The fourth-order valence-electron chi connectivity index (χ4n) is 2.29. The molecule has 2 rings (SSSR count). The zero-order valence-corrected chi connectivity index (χ0v) is 10.5. The van der Waals surface area contributed by atoms with Crippen molar-refractivity contribution in [1.82, 2.24) is 5.32 Å². The van der Waals surface area contributed by atoms with Gasteiger partial charge < -0.3 is 10.6 Å². The van der Waals surface area contributed by atoms with Gasteiger partial charge in [0.1, 0.15) is 0 Å². The summed E-state index contributed by atoms with van der Waals surface area (Å²) in [7, 11) is 0. The molecular formula is C14H20N2O. The van der Waals surface area contributed by atoms with Crippen LogP contribution < -0.4 is 10.6 Å². The number of carbonyl (C=O) groups excluding carboxylic acids is 1. The number of hydrogen-bond acceptors (Lipinski definition) is 2. The topological polar surface area (TPSA) is 41.1 Å². The normalized spacial score (nSPS) is 20.6. The molecule has 1 heterocycles. The fraction of sp³-hybridized carbons (Fsp3) is 0.500. The van der Waals surface area contributed by atoms with Crippen molar-refractivity contribution in [2.24, 2.45) is 0 Å². The minimum absolute atomic E-state index is 0.157. The van der Waals surface area contributed by atoms with E-state index in [1.54, 1.807) is 0 Å². The van der Waals surface area contributed by atoms with Crippen LogP contribution in [0.15, 0.2) is 18.2 Å². The zero-order valence-electron chi connectivity index (χ0n) is 10.5. The monoisotopic (exact) mass is 232 g/mol. The summed E-state index contributed by atoms with van der Waals surface area (Å²) in [6.45, 7) is 5.01. The number of amides is 1. The lowest BCUT2D eigenvalue weighted by Crippen LogP contribution is -2.27. The summed E-state index contributed by atoms with van der Waals surface area (Å²) in [5.74, 6) is 0.157. The van der Waals surface area contributed by atoms with E-state index in [-0.39, 0.29) is 11.9 Å². The van der Waals surface area contributed by atoms with Crippen molar-refractivity contribution < 1.29 is 4.79 Å². The smallest absolute Gasteiger partial charge is 0.222 e. The summed E-state index contributed by atoms with van der Waals surface area (Å²) >= 11 is 0. The molecular weight excluding hydrogens is 212 g/mol. The molecule has 1 amide bonds. The van der Waals surface area contributed by atoms with Crippen molar-refractivity contribution in [3.8, 4) is 0 Å². The van der Waals surface area contributed by atoms with E-state index in [0.29, 0.717) is 6.42 Å². The Labute approximate surface area is 103 Å². The molecule has 0 bridgehead atoms. The summed E-state index contributed by atoms with van der Waals surface area (Å²) in [6, 6.07) is 6.64. The highest BCUT2D eigenvalue weighted by atomic mass is 16.1. The lowest BCUT2D eigenvalue weighted by atomic mass is 10.1. The van der Waals surface area contributed by atoms with Crippen LogP contribution in [0.2, 0.25) is 0 Å². The molecule has 1 atom stereocenters. The third-order valence-corrected chi connectivity index (χ3v) is 3.22. The molecule has 17 heavy (non-hydrogen) atoms. The van der Waals surface area contributed by atoms with Gasteiger partial charge in [-0.05, 0) is 38.3 Å². The quantitative estimate of drug-likeness (QED) is 0.822. The molecule has 0 spiro atoms. The second-order valence-electron chi connectivity index (χ2n) is 4.86. The third-order valence-electron chi connectivity index (χ3n) is 3.22. The van der Waals surface area contributed by atoms with Gasteiger partial charge in [-0.15, -0.1) is 0 Å². The van der Waals surface area contributed by atoms with Crippen LogP contribution in [0.1, 0.15) is 30.4 Å². The Hall–Kier alpha value is -1.51. The van der Waals surface area contributed by atoms with Gasteiger partial charge >= 0.3 is 0 Å². The van der Waals surface area contributed by atoms with Gasteiger partial charge in [-0.2, -0.15) is 0 Å². The van der Waals surface area contributed by atoms with E-state index in [9.17, 15) is 4.79 Å². The van der Waals surface area contributed by atoms with Crippen molar-refractivity contribution in [3.05, 3.63) is 29.3 Å². The standard InChI is InChI=1S/C14H20N2O/c1-10-5-6-13(11(2)8-10)16-12-4-3-7-15-14(17)9-12/h5-6,8,12,16H,3-4,7,9H2,1-2H3,(H,15,17). The van der Waals surface area contributed by atoms with Crippen LogP contribution in [0.4, 0.5) is 5.69 Å². The molecule has 3 nitrogen and oxygen atoms in total. The van der Waals surface area contributed by atoms with Crippen LogP contribution >= 0.6 is 0 Å². The molecule has 1 unspecified atom stereocenters. The summed E-state index contributed by atoms with van der Waals surface area (Å²) < 4.78 is 0. The largest absolute Gasteiger partial charge is 0.382 e. The summed E-state index contributed by atoms with van der Waals surface area (Å²) in [4.78, 5) is 11.5. The van der Waals surface area contributed by atoms with Crippen molar-refractivity contribution in [2.45, 2.75) is 39.2 Å². The van der Waals surface area contributed by atoms with E-state index in [1.165, 1.54) is 11.1 Å². The highest BCUT2D eigenvalue weighted by Gasteiger charge is 2.17. The highest BCUT2D eigenvalue weighted by molar-refractivity contribution is 5.77. The van der Waals surface area contributed by atoms with Crippen LogP contribution in [0, 0.1) is 13.8 Å². The van der Waals surface area contributed by atoms with Gasteiger partial charge in [-0.3, -0.25) is 4.79 Å². The maximum atomic E-state index is 11.5. The third kappa shape index (κ3) is 3.22. The Kier molecular flexibility index (Phi) is 3.67. The highest BCUT2D eigenvalue weighted by Crippen LogP contribution is 2.19. The Bertz CT molecular complexity index is 415. The first-order valence-electron chi connectivity index (χ1n) is 6.25. The molecule has 1 fully saturated rings. The van der Waals surface area contributed by atoms with Gasteiger partial charge in [0.2, 0.25) is 5.91 Å². The van der Waals surface area contributed by atoms with Crippen LogP contribution in [0.5, 0.6) is 0 Å². The maximum Gasteiger partial charge on any atom is 0.222 e. The van der Waals surface area contributed by atoms with Crippen LogP contribution in [0.25, 0.3) is 0 Å². The van der Waals surface area contributed by atoms with E-state index >= 15 is 0 Å². The minimum atomic E-state index is 0.157. The first-order chi connectivity index (χ1) is 8.15. The average molecular weight is 232 g/mol. The van der Waals surface area contributed by atoms with Crippen molar-refractivity contribution in [2.75, 3.05) is 11.9 Å². The molecule has 92 valence electrons. The van der Waals surface area contributed by atoms with Gasteiger partial charge in [-0.25, -0.2) is 0 Å². The molecule has 3 heteroatoms. The first kappa shape index (κ1) is 12.0. The molecule has 1 aliphatic rings. The maximum absolute atomic E-state index is 11.5. The Morgan fingerprint density at radius 3 is 2.94 bits per heavy atom. The lowest BCUT2D eigenvalue weighted by molar-refractivity contribution is -0.120. The minimum Gasteiger partial charge on any atom is -0.382 e. The molecule has 0 aromatic heterocycles. The number of anilines is 1. The van der Waals surface area contributed by atoms with E-state index in [1.807, 2.05) is 0 Å². The molecule has 0 saturated carbocycles. The van der Waals surface area contributed by atoms with Gasteiger partial charge in [0.25, 0.3) is 0 Å². The SMILES string of the molecule is Cc1ccc(NC2CCCNC(=O)C2)c(C)c1. The molecule has 1 aliphatic heterocycles. The van der Waals surface area contributed by atoms with Crippen LogP contribution in [0.3, 0.4) is 0 Å². The van der Waals surface area contributed by atoms with E-state index in [2.05, 4.69) is 42.7 Å². The van der Waals surface area contributed by atoms with E-state index < -0.39 is 0 Å². The summed E-state index contributed by atoms with van der Waals surface area (Å²) in [5.41, 5.74) is 3.66. The Morgan fingerprint density at radius 2 is 2.18 bits per heavy atom. The first-order valence-corrected chi connectivity index (χ1v) is 6.25. The number of carbonyl (C=O) groups is 1. The van der Waals surface area contributed by atoms with E-state index in [4.69, 9.17) is 0 Å².